The maximum absolute atomic E-state index is 12.5. The van der Waals surface area contributed by atoms with Gasteiger partial charge in [-0.2, -0.15) is 0 Å². The van der Waals surface area contributed by atoms with Crippen molar-refractivity contribution < 1.29 is 27.8 Å². The lowest BCUT2D eigenvalue weighted by atomic mass is 9.95. The summed E-state index contributed by atoms with van der Waals surface area (Å²) < 4.78 is 41.6. The van der Waals surface area contributed by atoms with Crippen LogP contribution >= 0.6 is 0 Å². The first kappa shape index (κ1) is 26.3. The van der Waals surface area contributed by atoms with Gasteiger partial charge in [0, 0.05) is 37.8 Å². The zero-order valence-electron chi connectivity index (χ0n) is 20.6. The predicted molar refractivity (Wildman–Crippen MR) is 128 cm³/mol. The monoisotopic (exact) mass is 507 g/mol. The molecule has 0 spiro atoms. The quantitative estimate of drug-likeness (QED) is 0.526. The molecule has 0 radical (unpaired) electrons. The number of aliphatic hydroxyl groups excluding tert-OH is 1. The van der Waals surface area contributed by atoms with Gasteiger partial charge in [0.1, 0.15) is 24.2 Å². The van der Waals surface area contributed by atoms with Gasteiger partial charge in [0.15, 0.2) is 0 Å². The third-order valence-electron chi connectivity index (χ3n) is 6.78. The topological polar surface area (TPSA) is 90.8 Å². The molecule has 2 aliphatic rings. The Bertz CT molecular complexity index is 1040. The van der Waals surface area contributed by atoms with E-state index in [1.54, 1.807) is 0 Å². The average Bonchev–Trinajstić information content (AvgIpc) is 3.12. The van der Waals surface area contributed by atoms with Gasteiger partial charge >= 0.3 is 6.36 Å². The number of halogens is 3. The van der Waals surface area contributed by atoms with Gasteiger partial charge < -0.3 is 19.5 Å². The van der Waals surface area contributed by atoms with Crippen molar-refractivity contribution in [1.82, 2.24) is 20.2 Å². The van der Waals surface area contributed by atoms with Gasteiger partial charge in [-0.3, -0.25) is 10.2 Å². The van der Waals surface area contributed by atoms with Gasteiger partial charge in [0.2, 0.25) is 0 Å². The number of fused-ring (bicyclic) bond motifs is 1. The van der Waals surface area contributed by atoms with Crippen molar-refractivity contribution in [3.8, 4) is 5.75 Å². The van der Waals surface area contributed by atoms with Gasteiger partial charge in [-0.1, -0.05) is 19.1 Å². The van der Waals surface area contributed by atoms with E-state index in [1.165, 1.54) is 30.6 Å². The number of nitrogens with zero attached hydrogens (tertiary/aromatic N) is 4. The van der Waals surface area contributed by atoms with Gasteiger partial charge in [-0.05, 0) is 43.9 Å². The molecule has 196 valence electrons. The molecule has 2 N–H and O–H groups in total. The highest BCUT2D eigenvalue weighted by Crippen LogP contribution is 2.43. The molecule has 0 bridgehead atoms. The molecule has 2 heterocycles. The van der Waals surface area contributed by atoms with Gasteiger partial charge in [-0.25, -0.2) is 9.97 Å². The number of alkyl halides is 3. The fourth-order valence-corrected chi connectivity index (χ4v) is 5.17. The Morgan fingerprint density at radius 1 is 1.14 bits per heavy atom. The van der Waals surface area contributed by atoms with Crippen LogP contribution in [0.3, 0.4) is 0 Å². The zero-order chi connectivity index (χ0) is 26.0. The van der Waals surface area contributed by atoms with Gasteiger partial charge in [-0.15, -0.1) is 13.2 Å². The number of hydrogen-bond acceptors (Lipinski definition) is 8. The van der Waals surface area contributed by atoms with E-state index >= 15 is 0 Å². The lowest BCUT2D eigenvalue weighted by Crippen LogP contribution is -2.58. The first-order valence-electron chi connectivity index (χ1n) is 12.2. The summed E-state index contributed by atoms with van der Waals surface area (Å²) in [5.74, 6) is 0.111. The van der Waals surface area contributed by atoms with Crippen LogP contribution in [0, 0.1) is 0 Å². The summed E-state index contributed by atoms with van der Waals surface area (Å²) in [5, 5.41) is 13.8. The average molecular weight is 508 g/mol. The molecule has 1 aromatic carbocycles. The number of anilines is 1. The molecule has 1 aliphatic carbocycles. The van der Waals surface area contributed by atoms with E-state index in [9.17, 15) is 23.1 Å². The molecule has 1 fully saturated rings. The second-order valence-corrected chi connectivity index (χ2v) is 9.72. The van der Waals surface area contributed by atoms with Crippen LogP contribution in [0.2, 0.25) is 0 Å². The summed E-state index contributed by atoms with van der Waals surface area (Å²) in [6.45, 7) is 8.70. The van der Waals surface area contributed by atoms with Crippen LogP contribution in [0.5, 0.6) is 5.75 Å². The van der Waals surface area contributed by atoms with Crippen molar-refractivity contribution in [2.45, 2.75) is 63.7 Å². The molecule has 0 saturated carbocycles. The number of hydrogen-bond donors (Lipinski definition) is 2. The number of aldehydes is 1. The Morgan fingerprint density at radius 2 is 1.81 bits per heavy atom. The van der Waals surface area contributed by atoms with Crippen LogP contribution in [-0.2, 0) is 4.79 Å². The lowest BCUT2D eigenvalue weighted by Gasteiger charge is -2.43. The molecule has 36 heavy (non-hydrogen) atoms. The van der Waals surface area contributed by atoms with Crippen molar-refractivity contribution in [3.05, 3.63) is 47.4 Å². The molecule has 1 aliphatic heterocycles. The molecule has 4 rings (SSSR count). The minimum atomic E-state index is -4.77. The van der Waals surface area contributed by atoms with E-state index in [1.807, 2.05) is 13.8 Å². The van der Waals surface area contributed by atoms with Gasteiger partial charge in [0.05, 0.1) is 23.9 Å². The van der Waals surface area contributed by atoms with E-state index < -0.39 is 18.4 Å². The number of aromatic nitrogens is 2. The summed E-state index contributed by atoms with van der Waals surface area (Å²) in [4.78, 5) is 25.4. The molecular formula is C25H32F3N5O3. The summed E-state index contributed by atoms with van der Waals surface area (Å²) in [6, 6.07) is 5.55. The standard InChI is InChI=1S/C25H32F3N5O3/c1-15(2)31-23(19(13-34)17-4-6-18(7-5-17)36-25(26,27)28)32-8-10-33(11-9-32)24-21-16(3)12-20(35)22(21)29-14-30-24/h4-7,13-16,19-20,23,31,35H,8-12H2,1-3H3/t16-,19?,20-,23?/m1/s1. The predicted octanol–water partition coefficient (Wildman–Crippen LogP) is 3.34. The number of aliphatic hydroxyl groups is 1. The minimum Gasteiger partial charge on any atom is -0.406 e. The van der Waals surface area contributed by atoms with Crippen molar-refractivity contribution in [2.75, 3.05) is 31.1 Å². The number of piperazine rings is 1. The number of carbonyl (C=O) groups excluding carboxylic acids is 1. The largest absolute Gasteiger partial charge is 0.573 e. The highest BCUT2D eigenvalue weighted by molar-refractivity contribution is 5.64. The fraction of sp³-hybridized carbons (Fsp3) is 0.560. The molecular weight excluding hydrogens is 475 g/mol. The number of benzene rings is 1. The fourth-order valence-electron chi connectivity index (χ4n) is 5.17. The SMILES string of the molecule is CC(C)NC(C(C=O)c1ccc(OC(F)(F)F)cc1)N1CCN(c2ncnc3c2[C@H](C)C[C@H]3O)CC1. The van der Waals surface area contributed by atoms with Crippen LogP contribution in [0.4, 0.5) is 19.0 Å². The number of rotatable bonds is 8. The van der Waals surface area contributed by atoms with Crippen molar-refractivity contribution >= 4 is 12.1 Å². The van der Waals surface area contributed by atoms with E-state index in [0.717, 1.165) is 17.7 Å². The molecule has 0 amide bonds. The first-order chi connectivity index (χ1) is 17.1. The van der Waals surface area contributed by atoms with Gasteiger partial charge in [0.25, 0.3) is 0 Å². The third kappa shape index (κ3) is 5.79. The van der Waals surface area contributed by atoms with Crippen molar-refractivity contribution in [3.63, 3.8) is 0 Å². The number of carbonyl (C=O) groups is 1. The van der Waals surface area contributed by atoms with E-state index in [4.69, 9.17) is 0 Å². The molecule has 4 atom stereocenters. The molecule has 2 unspecified atom stereocenters. The molecule has 1 aromatic heterocycles. The third-order valence-corrected chi connectivity index (χ3v) is 6.78. The summed E-state index contributed by atoms with van der Waals surface area (Å²) >= 11 is 0. The van der Waals surface area contributed by atoms with Crippen LogP contribution in [0.15, 0.2) is 30.6 Å². The van der Waals surface area contributed by atoms with Crippen LogP contribution in [-0.4, -0.2) is 71.0 Å². The minimum absolute atomic E-state index is 0.0794. The Labute approximate surface area is 208 Å². The second kappa shape index (κ2) is 10.7. The Balaban J connectivity index is 1.50. The smallest absolute Gasteiger partial charge is 0.406 e. The number of ether oxygens (including phenoxy) is 1. The normalized spacial score (nSPS) is 22.4. The maximum Gasteiger partial charge on any atom is 0.573 e. The first-order valence-corrected chi connectivity index (χ1v) is 12.2. The van der Waals surface area contributed by atoms with E-state index in [2.05, 4.69) is 36.7 Å². The summed E-state index contributed by atoms with van der Waals surface area (Å²) in [5.41, 5.74) is 2.31. The Morgan fingerprint density at radius 3 is 2.39 bits per heavy atom. The maximum atomic E-state index is 12.5. The highest BCUT2D eigenvalue weighted by Gasteiger charge is 2.36. The zero-order valence-corrected chi connectivity index (χ0v) is 20.6. The van der Waals surface area contributed by atoms with Crippen molar-refractivity contribution in [2.24, 2.45) is 0 Å². The Hall–Kier alpha value is -2.76. The summed E-state index contributed by atoms with van der Waals surface area (Å²) in [6.07, 6.45) is -2.71. The molecule has 1 saturated heterocycles. The lowest BCUT2D eigenvalue weighted by molar-refractivity contribution is -0.274. The van der Waals surface area contributed by atoms with Crippen LogP contribution in [0.25, 0.3) is 0 Å². The molecule has 8 nitrogen and oxygen atoms in total. The Kier molecular flexibility index (Phi) is 7.82. The molecule has 2 aromatic rings. The van der Waals surface area contributed by atoms with Crippen LogP contribution in [0.1, 0.15) is 62.0 Å². The van der Waals surface area contributed by atoms with E-state index in [-0.39, 0.29) is 23.9 Å². The summed E-state index contributed by atoms with van der Waals surface area (Å²) in [7, 11) is 0. The van der Waals surface area contributed by atoms with Crippen molar-refractivity contribution in [1.29, 1.82) is 0 Å². The second-order valence-electron chi connectivity index (χ2n) is 9.72. The number of nitrogens with one attached hydrogen (secondary N) is 1. The van der Waals surface area contributed by atoms with E-state index in [0.29, 0.717) is 43.9 Å². The highest BCUT2D eigenvalue weighted by atomic mass is 19.4. The molecule has 11 heteroatoms. The van der Waals surface area contributed by atoms with Crippen LogP contribution < -0.4 is 15.0 Å².